The van der Waals surface area contributed by atoms with Gasteiger partial charge in [0.15, 0.2) is 0 Å². The first-order chi connectivity index (χ1) is 11.2. The van der Waals surface area contributed by atoms with Crippen molar-refractivity contribution in [1.29, 1.82) is 0 Å². The van der Waals surface area contributed by atoms with Crippen LogP contribution in [0.25, 0.3) is 0 Å². The van der Waals surface area contributed by atoms with E-state index in [0.717, 1.165) is 19.3 Å². The molecule has 1 aromatic rings. The third-order valence-corrected chi connectivity index (χ3v) is 4.28. The third-order valence-electron chi connectivity index (χ3n) is 4.28. The maximum absolute atomic E-state index is 12.2. The molecule has 1 aromatic carbocycles. The lowest BCUT2D eigenvalue weighted by Crippen LogP contribution is -2.50. The summed E-state index contributed by atoms with van der Waals surface area (Å²) in [5, 5.41) is 0. The van der Waals surface area contributed by atoms with E-state index >= 15 is 0 Å². The van der Waals surface area contributed by atoms with E-state index in [1.807, 2.05) is 28.0 Å². The Kier molecular flexibility index (Phi) is 9.42. The van der Waals surface area contributed by atoms with Gasteiger partial charge in [-0.1, -0.05) is 30.3 Å². The summed E-state index contributed by atoms with van der Waals surface area (Å²) in [4.78, 5) is 27.9. The third kappa shape index (κ3) is 6.49. The van der Waals surface area contributed by atoms with Crippen LogP contribution in [-0.2, 0) is 16.0 Å². The Bertz CT molecular complexity index is 502. The Hall–Kier alpha value is -1.59. The van der Waals surface area contributed by atoms with Crippen LogP contribution >= 0.6 is 12.4 Å². The highest BCUT2D eigenvalue weighted by atomic mass is 35.5. The van der Waals surface area contributed by atoms with Crippen LogP contribution < -0.4 is 5.73 Å². The van der Waals surface area contributed by atoms with E-state index in [1.165, 1.54) is 5.56 Å². The highest BCUT2D eigenvalue weighted by Crippen LogP contribution is 2.10. The van der Waals surface area contributed by atoms with E-state index in [9.17, 15) is 9.59 Å². The summed E-state index contributed by atoms with van der Waals surface area (Å²) in [5.41, 5.74) is 6.71. The number of piperazine rings is 1. The first-order valence-electron chi connectivity index (χ1n) is 8.50. The number of hydrogen-bond donors (Lipinski definition) is 1. The number of rotatable bonds is 7. The van der Waals surface area contributed by atoms with Crippen LogP contribution in [0.3, 0.4) is 0 Å². The Morgan fingerprint density at radius 3 is 1.88 bits per heavy atom. The Morgan fingerprint density at radius 1 is 0.875 bits per heavy atom. The van der Waals surface area contributed by atoms with Gasteiger partial charge in [0.25, 0.3) is 0 Å². The summed E-state index contributed by atoms with van der Waals surface area (Å²) in [6.07, 6.45) is 3.64. The van der Waals surface area contributed by atoms with Crippen molar-refractivity contribution >= 4 is 24.2 Å². The molecule has 2 N–H and O–H groups in total. The lowest BCUT2D eigenvalue weighted by atomic mass is 10.1. The zero-order valence-electron chi connectivity index (χ0n) is 14.2. The number of nitrogens with zero attached hydrogens (tertiary/aromatic N) is 2. The fourth-order valence-corrected chi connectivity index (χ4v) is 2.86. The molecule has 0 unspecified atom stereocenters. The number of aryl methyl sites for hydroxylation is 1. The number of carbonyl (C=O) groups excluding carboxylic acids is 2. The smallest absolute Gasteiger partial charge is 0.222 e. The number of amides is 2. The van der Waals surface area contributed by atoms with Gasteiger partial charge in [0.2, 0.25) is 11.8 Å². The van der Waals surface area contributed by atoms with Crippen molar-refractivity contribution in [3.8, 4) is 0 Å². The average molecular weight is 354 g/mol. The minimum atomic E-state index is 0. The topological polar surface area (TPSA) is 66.6 Å². The summed E-state index contributed by atoms with van der Waals surface area (Å²) < 4.78 is 0. The van der Waals surface area contributed by atoms with Crippen LogP contribution in [0.1, 0.15) is 31.2 Å². The first-order valence-corrected chi connectivity index (χ1v) is 8.50. The van der Waals surface area contributed by atoms with Crippen molar-refractivity contribution < 1.29 is 9.59 Å². The number of hydrogen-bond acceptors (Lipinski definition) is 3. The molecule has 1 heterocycles. The van der Waals surface area contributed by atoms with Crippen LogP contribution in [0.5, 0.6) is 0 Å². The fourth-order valence-electron chi connectivity index (χ4n) is 2.86. The summed E-state index contributed by atoms with van der Waals surface area (Å²) >= 11 is 0. The van der Waals surface area contributed by atoms with Crippen molar-refractivity contribution in [2.75, 3.05) is 32.7 Å². The van der Waals surface area contributed by atoms with E-state index < -0.39 is 0 Å². The fraction of sp³-hybridized carbons (Fsp3) is 0.556. The molecule has 134 valence electrons. The van der Waals surface area contributed by atoms with Crippen molar-refractivity contribution in [1.82, 2.24) is 9.80 Å². The van der Waals surface area contributed by atoms with Crippen LogP contribution in [0.15, 0.2) is 30.3 Å². The van der Waals surface area contributed by atoms with Gasteiger partial charge in [-0.15, -0.1) is 12.4 Å². The molecule has 2 rings (SSSR count). The zero-order chi connectivity index (χ0) is 16.5. The molecule has 0 spiro atoms. The average Bonchev–Trinajstić information content (AvgIpc) is 2.60. The standard InChI is InChI=1S/C18H27N3O2.ClH/c19-11-5-10-18(23)21-14-12-20(13-15-21)17(22)9-4-8-16-6-2-1-3-7-16;/h1-3,6-7H,4-5,8-15,19H2;1H. The molecule has 0 radical (unpaired) electrons. The van der Waals surface area contributed by atoms with Gasteiger partial charge >= 0.3 is 0 Å². The van der Waals surface area contributed by atoms with Gasteiger partial charge in [-0.3, -0.25) is 9.59 Å². The van der Waals surface area contributed by atoms with Crippen molar-refractivity contribution in [2.24, 2.45) is 5.73 Å². The van der Waals surface area contributed by atoms with Crippen LogP contribution in [-0.4, -0.2) is 54.3 Å². The maximum atomic E-state index is 12.2. The Morgan fingerprint density at radius 2 is 1.38 bits per heavy atom. The molecule has 0 atom stereocenters. The molecule has 1 aliphatic heterocycles. The van der Waals surface area contributed by atoms with Crippen molar-refractivity contribution in [3.05, 3.63) is 35.9 Å². The highest BCUT2D eigenvalue weighted by Gasteiger charge is 2.23. The van der Waals surface area contributed by atoms with Gasteiger partial charge in [0.05, 0.1) is 0 Å². The predicted molar refractivity (Wildman–Crippen MR) is 98.1 cm³/mol. The maximum Gasteiger partial charge on any atom is 0.222 e. The molecule has 0 bridgehead atoms. The predicted octanol–water partition coefficient (Wildman–Crippen LogP) is 1.84. The second-order valence-corrected chi connectivity index (χ2v) is 5.99. The van der Waals surface area contributed by atoms with Crippen LogP contribution in [0.4, 0.5) is 0 Å². The van der Waals surface area contributed by atoms with E-state index in [2.05, 4.69) is 12.1 Å². The summed E-state index contributed by atoms with van der Waals surface area (Å²) in [6.45, 7) is 3.14. The summed E-state index contributed by atoms with van der Waals surface area (Å²) in [7, 11) is 0. The van der Waals surface area contributed by atoms with Crippen LogP contribution in [0, 0.1) is 0 Å². The second kappa shape index (κ2) is 11.0. The lowest BCUT2D eigenvalue weighted by molar-refractivity contribution is -0.139. The number of benzene rings is 1. The molecule has 0 saturated carbocycles. The molecule has 6 heteroatoms. The minimum absolute atomic E-state index is 0. The van der Waals surface area contributed by atoms with Crippen molar-refractivity contribution in [2.45, 2.75) is 32.1 Å². The quantitative estimate of drug-likeness (QED) is 0.813. The molecule has 0 aromatic heterocycles. The molecule has 5 nitrogen and oxygen atoms in total. The monoisotopic (exact) mass is 353 g/mol. The SMILES string of the molecule is Cl.NCCCC(=O)N1CCN(C(=O)CCCc2ccccc2)CC1. The molecule has 1 fully saturated rings. The van der Waals surface area contributed by atoms with Gasteiger partial charge in [-0.25, -0.2) is 0 Å². The molecule has 2 amide bonds. The normalized spacial score (nSPS) is 14.2. The van der Waals surface area contributed by atoms with E-state index in [0.29, 0.717) is 45.6 Å². The first kappa shape index (κ1) is 20.5. The number of nitrogens with two attached hydrogens (primary N) is 1. The molecule has 1 saturated heterocycles. The zero-order valence-corrected chi connectivity index (χ0v) is 15.0. The number of carbonyl (C=O) groups is 2. The number of halogens is 1. The van der Waals surface area contributed by atoms with Gasteiger partial charge in [0.1, 0.15) is 0 Å². The largest absolute Gasteiger partial charge is 0.339 e. The Balaban J connectivity index is 0.00000288. The van der Waals surface area contributed by atoms with E-state index in [-0.39, 0.29) is 24.2 Å². The van der Waals surface area contributed by atoms with Crippen LogP contribution in [0.2, 0.25) is 0 Å². The highest BCUT2D eigenvalue weighted by molar-refractivity contribution is 5.85. The summed E-state index contributed by atoms with van der Waals surface area (Å²) in [5.74, 6) is 0.363. The molecule has 0 aliphatic carbocycles. The van der Waals surface area contributed by atoms with E-state index in [1.54, 1.807) is 0 Å². The lowest BCUT2D eigenvalue weighted by Gasteiger charge is -2.35. The Labute approximate surface area is 150 Å². The van der Waals surface area contributed by atoms with E-state index in [4.69, 9.17) is 5.73 Å². The molecular formula is C18H28ClN3O2. The second-order valence-electron chi connectivity index (χ2n) is 5.99. The molecule has 1 aliphatic rings. The minimum Gasteiger partial charge on any atom is -0.339 e. The van der Waals surface area contributed by atoms with Gasteiger partial charge in [-0.05, 0) is 31.4 Å². The van der Waals surface area contributed by atoms with Gasteiger partial charge < -0.3 is 15.5 Å². The van der Waals surface area contributed by atoms with Gasteiger partial charge in [-0.2, -0.15) is 0 Å². The molecule has 24 heavy (non-hydrogen) atoms. The van der Waals surface area contributed by atoms with Crippen molar-refractivity contribution in [3.63, 3.8) is 0 Å². The molecular weight excluding hydrogens is 326 g/mol. The van der Waals surface area contributed by atoms with Gasteiger partial charge in [0, 0.05) is 39.0 Å². The summed E-state index contributed by atoms with van der Waals surface area (Å²) in [6, 6.07) is 10.2.